The molecule has 0 unspecified atom stereocenters. The average Bonchev–Trinajstić information content (AvgIpc) is 2.74. The van der Waals surface area contributed by atoms with Crippen LogP contribution in [0.3, 0.4) is 0 Å². The Balaban J connectivity index is 2.20. The summed E-state index contributed by atoms with van der Waals surface area (Å²) >= 11 is 1.72. The van der Waals surface area contributed by atoms with Gasteiger partial charge in [0, 0.05) is 19.7 Å². The van der Waals surface area contributed by atoms with Crippen molar-refractivity contribution in [2.75, 3.05) is 13.2 Å². The molecule has 2 aromatic heterocycles. The quantitative estimate of drug-likeness (QED) is 0.797. The predicted octanol–water partition coefficient (Wildman–Crippen LogP) is 1.52. The maximum Gasteiger partial charge on any atom is 0.113 e. The fourth-order valence-electron chi connectivity index (χ4n) is 2.06. The van der Waals surface area contributed by atoms with E-state index in [0.717, 1.165) is 25.1 Å². The molecule has 0 saturated carbocycles. The highest BCUT2D eigenvalue weighted by atomic mass is 32.1. The molecule has 0 fully saturated rings. The van der Waals surface area contributed by atoms with E-state index in [0.29, 0.717) is 6.54 Å². The number of fused-ring (bicyclic) bond motifs is 3. The number of hydrogen-bond acceptors (Lipinski definition) is 4. The zero-order valence-corrected chi connectivity index (χ0v) is 9.17. The molecule has 0 aromatic carbocycles. The van der Waals surface area contributed by atoms with Crippen molar-refractivity contribution in [3.05, 3.63) is 17.1 Å². The van der Waals surface area contributed by atoms with Crippen molar-refractivity contribution < 1.29 is 4.74 Å². The summed E-state index contributed by atoms with van der Waals surface area (Å²) in [5, 5.41) is 6.63. The first-order valence-electron chi connectivity index (χ1n) is 5.15. The third kappa shape index (κ3) is 1.39. The van der Waals surface area contributed by atoms with Gasteiger partial charge in [-0.25, -0.2) is 0 Å². The molecule has 3 heterocycles. The van der Waals surface area contributed by atoms with E-state index in [1.165, 1.54) is 10.4 Å². The molecule has 1 atom stereocenters. The maximum atomic E-state index is 5.75. The topological polar surface area (TPSA) is 53.1 Å². The van der Waals surface area contributed by atoms with Gasteiger partial charge in [0.25, 0.3) is 0 Å². The van der Waals surface area contributed by atoms with Crippen molar-refractivity contribution in [1.29, 1.82) is 0 Å². The lowest BCUT2D eigenvalue weighted by Gasteiger charge is -2.12. The normalized spacial score (nSPS) is 21.5. The molecular formula is C10H13N3OS. The molecule has 5 heteroatoms. The van der Waals surface area contributed by atoms with Gasteiger partial charge in [0.15, 0.2) is 0 Å². The second-order valence-corrected chi connectivity index (χ2v) is 4.61. The van der Waals surface area contributed by atoms with Crippen molar-refractivity contribution in [1.82, 2.24) is 9.78 Å². The summed E-state index contributed by atoms with van der Waals surface area (Å²) in [6.45, 7) is 2.24. The Morgan fingerprint density at radius 1 is 1.67 bits per heavy atom. The van der Waals surface area contributed by atoms with Gasteiger partial charge in [0.05, 0.1) is 10.4 Å². The first-order valence-corrected chi connectivity index (χ1v) is 6.03. The summed E-state index contributed by atoms with van der Waals surface area (Å²) in [7, 11) is 0. The fraction of sp³-hybridized carbons (Fsp3) is 0.500. The molecule has 1 aliphatic rings. The van der Waals surface area contributed by atoms with Crippen LogP contribution in [0.4, 0.5) is 0 Å². The molecule has 0 aliphatic carbocycles. The van der Waals surface area contributed by atoms with Gasteiger partial charge >= 0.3 is 0 Å². The minimum absolute atomic E-state index is 0.0103. The average molecular weight is 223 g/mol. The molecule has 80 valence electrons. The molecular weight excluding hydrogens is 210 g/mol. The second kappa shape index (κ2) is 3.59. The van der Waals surface area contributed by atoms with E-state index in [1.807, 2.05) is 0 Å². The number of hydrogen-bond donors (Lipinski definition) is 1. The first kappa shape index (κ1) is 9.33. The number of rotatable bonds is 1. The lowest BCUT2D eigenvalue weighted by Crippen LogP contribution is -2.17. The monoisotopic (exact) mass is 223 g/mol. The fourth-order valence-corrected chi connectivity index (χ4v) is 2.98. The van der Waals surface area contributed by atoms with Crippen molar-refractivity contribution >= 4 is 21.6 Å². The Labute approximate surface area is 91.6 Å². The highest BCUT2D eigenvalue weighted by Crippen LogP contribution is 2.31. The molecule has 0 spiro atoms. The molecule has 0 amide bonds. The number of aryl methyl sites for hydroxylation is 1. The summed E-state index contributed by atoms with van der Waals surface area (Å²) in [5.74, 6) is 0. The van der Waals surface area contributed by atoms with E-state index in [4.69, 9.17) is 10.5 Å². The third-order valence-electron chi connectivity index (χ3n) is 2.74. The van der Waals surface area contributed by atoms with Crippen LogP contribution < -0.4 is 5.73 Å². The summed E-state index contributed by atoms with van der Waals surface area (Å²) in [6, 6.07) is 2.05. The Kier molecular flexibility index (Phi) is 2.23. The van der Waals surface area contributed by atoms with Gasteiger partial charge in [0.1, 0.15) is 11.6 Å². The van der Waals surface area contributed by atoms with Gasteiger partial charge in [-0.2, -0.15) is 5.10 Å². The summed E-state index contributed by atoms with van der Waals surface area (Å²) in [4.78, 5) is 0. The summed E-state index contributed by atoms with van der Waals surface area (Å²) in [5.41, 5.74) is 7.98. The molecule has 1 aliphatic heterocycles. The van der Waals surface area contributed by atoms with Crippen molar-refractivity contribution in [3.8, 4) is 0 Å². The van der Waals surface area contributed by atoms with Crippen LogP contribution in [-0.4, -0.2) is 22.9 Å². The van der Waals surface area contributed by atoms with Crippen molar-refractivity contribution in [2.24, 2.45) is 5.73 Å². The molecule has 2 N–H and O–H groups in total. The van der Waals surface area contributed by atoms with Crippen LogP contribution in [0.2, 0.25) is 0 Å². The van der Waals surface area contributed by atoms with Gasteiger partial charge in [-0.1, -0.05) is 0 Å². The zero-order valence-electron chi connectivity index (χ0n) is 8.35. The van der Waals surface area contributed by atoms with Gasteiger partial charge in [-0.05, 0) is 17.9 Å². The Bertz CT molecular complexity index is 476. The Morgan fingerprint density at radius 3 is 3.47 bits per heavy atom. The number of nitrogens with two attached hydrogens (primary N) is 1. The number of ether oxygens (including phenoxy) is 1. The standard InChI is InChI=1S/C10H13N3OS/c11-6-8-9-10-7(2-5-15-10)12-13(9)3-1-4-14-8/h2,5,8H,1,3-4,6,11H2/t8-/m0/s1. The smallest absolute Gasteiger partial charge is 0.113 e. The Hall–Kier alpha value is -0.910. The van der Waals surface area contributed by atoms with Crippen LogP contribution >= 0.6 is 11.3 Å². The van der Waals surface area contributed by atoms with Gasteiger partial charge in [0.2, 0.25) is 0 Å². The van der Waals surface area contributed by atoms with Crippen LogP contribution in [0.25, 0.3) is 10.2 Å². The number of thiophene rings is 1. The van der Waals surface area contributed by atoms with E-state index in [2.05, 4.69) is 21.2 Å². The van der Waals surface area contributed by atoms with Gasteiger partial charge < -0.3 is 10.5 Å². The van der Waals surface area contributed by atoms with Gasteiger partial charge in [-0.3, -0.25) is 4.68 Å². The molecule has 4 nitrogen and oxygen atoms in total. The molecule has 0 radical (unpaired) electrons. The molecule has 0 bridgehead atoms. The third-order valence-corrected chi connectivity index (χ3v) is 3.66. The Morgan fingerprint density at radius 2 is 2.60 bits per heavy atom. The maximum absolute atomic E-state index is 5.75. The van der Waals surface area contributed by atoms with Crippen LogP contribution in [0.15, 0.2) is 11.4 Å². The van der Waals surface area contributed by atoms with Crippen molar-refractivity contribution in [3.63, 3.8) is 0 Å². The first-order chi connectivity index (χ1) is 7.40. The van der Waals surface area contributed by atoms with E-state index in [9.17, 15) is 0 Å². The second-order valence-electron chi connectivity index (χ2n) is 3.69. The lowest BCUT2D eigenvalue weighted by molar-refractivity contribution is 0.0630. The zero-order chi connectivity index (χ0) is 10.3. The van der Waals surface area contributed by atoms with Crippen LogP contribution in [0, 0.1) is 0 Å². The van der Waals surface area contributed by atoms with Crippen molar-refractivity contribution in [2.45, 2.75) is 19.1 Å². The predicted molar refractivity (Wildman–Crippen MR) is 60.0 cm³/mol. The molecule has 3 rings (SSSR count). The van der Waals surface area contributed by atoms with E-state index >= 15 is 0 Å². The van der Waals surface area contributed by atoms with E-state index in [1.54, 1.807) is 11.3 Å². The summed E-state index contributed by atoms with van der Waals surface area (Å²) in [6.07, 6.45) is 1.02. The van der Waals surface area contributed by atoms with E-state index < -0.39 is 0 Å². The van der Waals surface area contributed by atoms with Gasteiger partial charge in [-0.15, -0.1) is 11.3 Å². The van der Waals surface area contributed by atoms with E-state index in [-0.39, 0.29) is 6.10 Å². The molecule has 0 saturated heterocycles. The largest absolute Gasteiger partial charge is 0.370 e. The summed E-state index contributed by atoms with van der Waals surface area (Å²) < 4.78 is 9.03. The van der Waals surface area contributed by atoms with Crippen LogP contribution in [-0.2, 0) is 11.3 Å². The minimum atomic E-state index is 0.0103. The highest BCUT2D eigenvalue weighted by Gasteiger charge is 2.23. The molecule has 2 aromatic rings. The highest BCUT2D eigenvalue weighted by molar-refractivity contribution is 7.17. The molecule has 15 heavy (non-hydrogen) atoms. The van der Waals surface area contributed by atoms with Crippen LogP contribution in [0.5, 0.6) is 0 Å². The van der Waals surface area contributed by atoms with Crippen LogP contribution in [0.1, 0.15) is 18.2 Å². The minimum Gasteiger partial charge on any atom is -0.370 e. The number of aromatic nitrogens is 2. The number of nitrogens with zero attached hydrogens (tertiary/aromatic N) is 2. The lowest BCUT2D eigenvalue weighted by atomic mass is 10.2. The SMILES string of the molecule is NC[C@@H]1OCCCn2nc3ccsc3c21.